The third kappa shape index (κ3) is 2.42. The molecular weight excluding hydrogens is 164 g/mol. The number of nitrogens with one attached hydrogen (secondary N) is 1. The van der Waals surface area contributed by atoms with Crippen LogP contribution in [0.1, 0.15) is 12.8 Å². The molecule has 0 aliphatic carbocycles. The van der Waals surface area contributed by atoms with Gasteiger partial charge < -0.3 is 10.1 Å². The van der Waals surface area contributed by atoms with Gasteiger partial charge in [-0.25, -0.2) is 4.98 Å². The monoisotopic (exact) mass is 178 g/mol. The van der Waals surface area contributed by atoms with E-state index in [1.165, 1.54) is 12.8 Å². The average Bonchev–Trinajstić information content (AvgIpc) is 2.69. The summed E-state index contributed by atoms with van der Waals surface area (Å²) < 4.78 is 5.48. The van der Waals surface area contributed by atoms with Crippen molar-refractivity contribution in [2.45, 2.75) is 18.9 Å². The molecule has 1 aromatic rings. The van der Waals surface area contributed by atoms with E-state index in [1.807, 2.05) is 18.2 Å². The Hall–Kier alpha value is -1.09. The van der Waals surface area contributed by atoms with Crippen molar-refractivity contribution in [1.29, 1.82) is 0 Å². The molecule has 1 aliphatic rings. The molecule has 0 saturated carbocycles. The second-order valence-electron chi connectivity index (χ2n) is 3.23. The summed E-state index contributed by atoms with van der Waals surface area (Å²) >= 11 is 0. The fourth-order valence-electron chi connectivity index (χ4n) is 1.49. The van der Waals surface area contributed by atoms with Crippen LogP contribution in [0.2, 0.25) is 0 Å². The SMILES string of the molecule is c1ccc(NCC2CCCO2)nc1. The molecule has 0 radical (unpaired) electrons. The number of aromatic nitrogens is 1. The molecule has 1 N–H and O–H groups in total. The highest BCUT2D eigenvalue weighted by atomic mass is 16.5. The van der Waals surface area contributed by atoms with Crippen LogP contribution in [0, 0.1) is 0 Å². The van der Waals surface area contributed by atoms with Gasteiger partial charge in [0.25, 0.3) is 0 Å². The molecule has 0 spiro atoms. The van der Waals surface area contributed by atoms with Gasteiger partial charge in [-0.1, -0.05) is 6.07 Å². The second kappa shape index (κ2) is 4.23. The van der Waals surface area contributed by atoms with Crippen LogP contribution >= 0.6 is 0 Å². The molecule has 2 heterocycles. The minimum Gasteiger partial charge on any atom is -0.376 e. The van der Waals surface area contributed by atoms with Crippen molar-refractivity contribution >= 4 is 5.82 Å². The molecule has 2 rings (SSSR count). The van der Waals surface area contributed by atoms with Crippen molar-refractivity contribution in [2.75, 3.05) is 18.5 Å². The van der Waals surface area contributed by atoms with Gasteiger partial charge in [-0.2, -0.15) is 0 Å². The Bertz CT molecular complexity index is 244. The Morgan fingerprint density at radius 1 is 1.54 bits per heavy atom. The minimum absolute atomic E-state index is 0.377. The van der Waals surface area contributed by atoms with Crippen molar-refractivity contribution < 1.29 is 4.74 Å². The molecule has 1 aromatic heterocycles. The first kappa shape index (κ1) is 8.51. The molecule has 1 fully saturated rings. The normalized spacial score (nSPS) is 21.7. The number of rotatable bonds is 3. The molecule has 0 aromatic carbocycles. The van der Waals surface area contributed by atoms with Crippen LogP contribution in [-0.2, 0) is 4.74 Å². The second-order valence-corrected chi connectivity index (χ2v) is 3.23. The van der Waals surface area contributed by atoms with E-state index in [2.05, 4.69) is 10.3 Å². The molecular formula is C10H14N2O. The molecule has 1 aliphatic heterocycles. The van der Waals surface area contributed by atoms with Crippen LogP contribution < -0.4 is 5.32 Å². The lowest BCUT2D eigenvalue weighted by Gasteiger charge is -2.10. The Morgan fingerprint density at radius 3 is 3.23 bits per heavy atom. The summed E-state index contributed by atoms with van der Waals surface area (Å²) in [6.07, 6.45) is 4.52. The molecule has 3 heteroatoms. The standard InChI is InChI=1S/C10H14N2O/c1-2-6-11-10(5-1)12-8-9-4-3-7-13-9/h1-2,5-6,9H,3-4,7-8H2,(H,11,12). The molecule has 1 unspecified atom stereocenters. The molecule has 13 heavy (non-hydrogen) atoms. The molecule has 0 amide bonds. The first-order chi connectivity index (χ1) is 6.45. The zero-order chi connectivity index (χ0) is 8.93. The highest BCUT2D eigenvalue weighted by Crippen LogP contribution is 2.12. The number of hydrogen-bond donors (Lipinski definition) is 1. The highest BCUT2D eigenvalue weighted by molar-refractivity contribution is 5.33. The van der Waals surface area contributed by atoms with Gasteiger partial charge in [0, 0.05) is 19.3 Å². The Balaban J connectivity index is 1.79. The largest absolute Gasteiger partial charge is 0.376 e. The summed E-state index contributed by atoms with van der Waals surface area (Å²) in [5, 5.41) is 3.25. The maximum Gasteiger partial charge on any atom is 0.125 e. The topological polar surface area (TPSA) is 34.1 Å². The fraction of sp³-hybridized carbons (Fsp3) is 0.500. The van der Waals surface area contributed by atoms with E-state index in [9.17, 15) is 0 Å². The zero-order valence-electron chi connectivity index (χ0n) is 7.57. The first-order valence-electron chi connectivity index (χ1n) is 4.71. The van der Waals surface area contributed by atoms with E-state index < -0.39 is 0 Å². The van der Waals surface area contributed by atoms with Crippen molar-refractivity contribution in [2.24, 2.45) is 0 Å². The maximum absolute atomic E-state index is 5.48. The van der Waals surface area contributed by atoms with Crippen molar-refractivity contribution in [3.8, 4) is 0 Å². The predicted octanol–water partition coefficient (Wildman–Crippen LogP) is 1.67. The Morgan fingerprint density at radius 2 is 2.54 bits per heavy atom. The quantitative estimate of drug-likeness (QED) is 0.764. The van der Waals surface area contributed by atoms with Crippen molar-refractivity contribution in [3.05, 3.63) is 24.4 Å². The van der Waals surface area contributed by atoms with Gasteiger partial charge in [0.05, 0.1) is 6.10 Å². The Kier molecular flexibility index (Phi) is 2.77. The van der Waals surface area contributed by atoms with Gasteiger partial charge in [-0.3, -0.25) is 0 Å². The summed E-state index contributed by atoms with van der Waals surface area (Å²) in [6.45, 7) is 1.78. The number of anilines is 1. The van der Waals surface area contributed by atoms with Gasteiger partial charge in [-0.05, 0) is 25.0 Å². The van der Waals surface area contributed by atoms with Gasteiger partial charge in [0.1, 0.15) is 5.82 Å². The van der Waals surface area contributed by atoms with E-state index in [0.29, 0.717) is 6.10 Å². The van der Waals surface area contributed by atoms with Gasteiger partial charge in [-0.15, -0.1) is 0 Å². The molecule has 0 bridgehead atoms. The Labute approximate surface area is 78.1 Å². The van der Waals surface area contributed by atoms with Crippen LogP contribution in [0.25, 0.3) is 0 Å². The highest BCUT2D eigenvalue weighted by Gasteiger charge is 2.14. The van der Waals surface area contributed by atoms with Crippen LogP contribution in [0.15, 0.2) is 24.4 Å². The fourth-order valence-corrected chi connectivity index (χ4v) is 1.49. The third-order valence-electron chi connectivity index (χ3n) is 2.20. The zero-order valence-corrected chi connectivity index (χ0v) is 7.57. The predicted molar refractivity (Wildman–Crippen MR) is 51.7 cm³/mol. The van der Waals surface area contributed by atoms with E-state index in [-0.39, 0.29) is 0 Å². The summed E-state index contributed by atoms with van der Waals surface area (Å²) in [4.78, 5) is 4.17. The van der Waals surface area contributed by atoms with E-state index in [1.54, 1.807) is 6.20 Å². The number of ether oxygens (including phenoxy) is 1. The number of hydrogen-bond acceptors (Lipinski definition) is 3. The van der Waals surface area contributed by atoms with Crippen LogP contribution in [0.4, 0.5) is 5.82 Å². The molecule has 1 atom stereocenters. The summed E-state index contributed by atoms with van der Waals surface area (Å²) in [7, 11) is 0. The molecule has 3 nitrogen and oxygen atoms in total. The average molecular weight is 178 g/mol. The minimum atomic E-state index is 0.377. The third-order valence-corrected chi connectivity index (χ3v) is 2.20. The van der Waals surface area contributed by atoms with Crippen molar-refractivity contribution in [1.82, 2.24) is 4.98 Å². The van der Waals surface area contributed by atoms with Crippen molar-refractivity contribution in [3.63, 3.8) is 0 Å². The summed E-state index contributed by atoms with van der Waals surface area (Å²) in [5.74, 6) is 0.929. The van der Waals surface area contributed by atoms with E-state index >= 15 is 0 Å². The first-order valence-corrected chi connectivity index (χ1v) is 4.71. The van der Waals surface area contributed by atoms with Gasteiger partial charge in [0.2, 0.25) is 0 Å². The van der Waals surface area contributed by atoms with Crippen LogP contribution in [0.5, 0.6) is 0 Å². The van der Waals surface area contributed by atoms with Crippen LogP contribution in [-0.4, -0.2) is 24.2 Å². The lowest BCUT2D eigenvalue weighted by atomic mass is 10.2. The summed E-state index contributed by atoms with van der Waals surface area (Å²) in [6, 6.07) is 5.86. The van der Waals surface area contributed by atoms with E-state index in [0.717, 1.165) is 19.0 Å². The lowest BCUT2D eigenvalue weighted by Crippen LogP contribution is -2.18. The van der Waals surface area contributed by atoms with E-state index in [4.69, 9.17) is 4.74 Å². The van der Waals surface area contributed by atoms with Gasteiger partial charge in [0.15, 0.2) is 0 Å². The lowest BCUT2D eigenvalue weighted by molar-refractivity contribution is 0.120. The molecule has 70 valence electrons. The van der Waals surface area contributed by atoms with Gasteiger partial charge >= 0.3 is 0 Å². The molecule has 1 saturated heterocycles. The van der Waals surface area contributed by atoms with Crippen LogP contribution in [0.3, 0.4) is 0 Å². The smallest absolute Gasteiger partial charge is 0.125 e. The number of pyridine rings is 1. The number of nitrogens with zero attached hydrogens (tertiary/aromatic N) is 1. The maximum atomic E-state index is 5.48. The summed E-state index contributed by atoms with van der Waals surface area (Å²) in [5.41, 5.74) is 0.